The van der Waals surface area contributed by atoms with Crippen molar-refractivity contribution in [3.63, 3.8) is 0 Å². The Morgan fingerprint density at radius 3 is 2.13 bits per heavy atom. The van der Waals surface area contributed by atoms with Crippen molar-refractivity contribution in [2.24, 2.45) is 23.7 Å². The van der Waals surface area contributed by atoms with Gasteiger partial charge in [-0.15, -0.1) is 6.58 Å². The van der Waals surface area contributed by atoms with E-state index in [1.807, 2.05) is 6.08 Å². The summed E-state index contributed by atoms with van der Waals surface area (Å²) in [6.45, 7) is 4.94. The summed E-state index contributed by atoms with van der Waals surface area (Å²) in [6.07, 6.45) is 10.8. The molecule has 0 saturated heterocycles. The van der Waals surface area contributed by atoms with Crippen LogP contribution < -0.4 is 5.32 Å². The molecule has 1 heteroatoms. The predicted octanol–water partition coefficient (Wildman–Crippen LogP) is 2.98. The molecule has 1 N–H and O–H groups in total. The van der Waals surface area contributed by atoms with Gasteiger partial charge in [0.2, 0.25) is 0 Å². The highest BCUT2D eigenvalue weighted by atomic mass is 14.9. The second-order valence-electron chi connectivity index (χ2n) is 5.99. The molecule has 0 heterocycles. The lowest BCUT2D eigenvalue weighted by atomic mass is 9.54. The van der Waals surface area contributed by atoms with Gasteiger partial charge in [0.25, 0.3) is 0 Å². The first-order chi connectivity index (χ1) is 7.36. The molecule has 4 rings (SSSR count). The van der Waals surface area contributed by atoms with E-state index in [0.29, 0.717) is 0 Å². The van der Waals surface area contributed by atoms with Gasteiger partial charge in [0.05, 0.1) is 0 Å². The van der Waals surface area contributed by atoms with Gasteiger partial charge in [0.1, 0.15) is 0 Å². The van der Waals surface area contributed by atoms with Crippen molar-refractivity contribution in [2.45, 2.75) is 44.6 Å². The van der Waals surface area contributed by atoms with Crippen LogP contribution in [0.4, 0.5) is 0 Å². The van der Waals surface area contributed by atoms with E-state index >= 15 is 0 Å². The van der Waals surface area contributed by atoms with Crippen molar-refractivity contribution in [1.29, 1.82) is 0 Å². The Bertz CT molecular complexity index is 218. The van der Waals surface area contributed by atoms with E-state index in [1.165, 1.54) is 25.7 Å². The predicted molar refractivity (Wildman–Crippen MR) is 63.6 cm³/mol. The SMILES string of the molecule is C=CCCNC1C2CC3CC(C2)CC1C3. The largest absolute Gasteiger partial charge is 0.313 e. The van der Waals surface area contributed by atoms with Crippen LogP contribution in [0.15, 0.2) is 12.7 Å². The summed E-state index contributed by atoms with van der Waals surface area (Å²) in [4.78, 5) is 0. The molecule has 1 nitrogen and oxygen atoms in total. The quantitative estimate of drug-likeness (QED) is 0.549. The van der Waals surface area contributed by atoms with E-state index in [4.69, 9.17) is 0 Å². The van der Waals surface area contributed by atoms with Crippen LogP contribution >= 0.6 is 0 Å². The first-order valence-corrected chi connectivity index (χ1v) is 6.71. The highest BCUT2D eigenvalue weighted by Gasteiger charge is 2.47. The van der Waals surface area contributed by atoms with Crippen LogP contribution in [0.2, 0.25) is 0 Å². The van der Waals surface area contributed by atoms with Crippen LogP contribution in [0.5, 0.6) is 0 Å². The molecule has 0 unspecified atom stereocenters. The minimum Gasteiger partial charge on any atom is -0.313 e. The van der Waals surface area contributed by atoms with Crippen LogP contribution in [-0.4, -0.2) is 12.6 Å². The van der Waals surface area contributed by atoms with Crippen molar-refractivity contribution >= 4 is 0 Å². The Morgan fingerprint density at radius 1 is 1.00 bits per heavy atom. The van der Waals surface area contributed by atoms with Gasteiger partial charge in [0, 0.05) is 6.04 Å². The van der Waals surface area contributed by atoms with Gasteiger partial charge in [-0.1, -0.05) is 6.08 Å². The smallest absolute Gasteiger partial charge is 0.0124 e. The van der Waals surface area contributed by atoms with Gasteiger partial charge < -0.3 is 5.32 Å². The molecule has 4 fully saturated rings. The van der Waals surface area contributed by atoms with Crippen LogP contribution in [0.1, 0.15) is 38.5 Å². The first kappa shape index (κ1) is 9.89. The molecule has 4 aliphatic rings. The first-order valence-electron chi connectivity index (χ1n) is 6.71. The lowest BCUT2D eigenvalue weighted by Gasteiger charge is -2.54. The molecular formula is C14H23N. The molecule has 84 valence electrons. The maximum atomic E-state index is 3.79. The second-order valence-corrected chi connectivity index (χ2v) is 5.99. The standard InChI is InChI=1S/C14H23N/c1-2-3-4-15-14-12-6-10-5-11(8-12)9-13(14)7-10/h2,10-15H,1,3-9H2. The Balaban J connectivity index is 1.62. The van der Waals surface area contributed by atoms with Crippen molar-refractivity contribution in [2.75, 3.05) is 6.54 Å². The van der Waals surface area contributed by atoms with Gasteiger partial charge in [0.15, 0.2) is 0 Å². The zero-order chi connectivity index (χ0) is 10.3. The molecule has 0 spiro atoms. The fraction of sp³-hybridized carbons (Fsp3) is 0.857. The van der Waals surface area contributed by atoms with E-state index < -0.39 is 0 Å². The molecule has 0 amide bonds. The Labute approximate surface area is 93.3 Å². The minimum absolute atomic E-state index is 0.859. The molecule has 15 heavy (non-hydrogen) atoms. The zero-order valence-electron chi connectivity index (χ0n) is 9.62. The van der Waals surface area contributed by atoms with E-state index in [9.17, 15) is 0 Å². The Hall–Kier alpha value is -0.300. The lowest BCUT2D eigenvalue weighted by Crippen LogP contribution is -2.54. The fourth-order valence-electron chi connectivity index (χ4n) is 4.61. The molecule has 0 aliphatic heterocycles. The van der Waals surface area contributed by atoms with Crippen molar-refractivity contribution in [3.8, 4) is 0 Å². The summed E-state index contributed by atoms with van der Waals surface area (Å²) < 4.78 is 0. The zero-order valence-corrected chi connectivity index (χ0v) is 9.62. The second kappa shape index (κ2) is 3.93. The molecule has 4 aliphatic carbocycles. The van der Waals surface area contributed by atoms with Crippen LogP contribution in [0.25, 0.3) is 0 Å². The van der Waals surface area contributed by atoms with E-state index in [2.05, 4.69) is 11.9 Å². The number of rotatable bonds is 4. The van der Waals surface area contributed by atoms with Gasteiger partial charge in [-0.25, -0.2) is 0 Å². The summed E-state index contributed by atoms with van der Waals surface area (Å²) in [5.41, 5.74) is 0. The Kier molecular flexibility index (Phi) is 2.59. The molecule has 0 aromatic carbocycles. The fourth-order valence-corrected chi connectivity index (χ4v) is 4.61. The highest BCUT2D eigenvalue weighted by Crippen LogP contribution is 2.53. The summed E-state index contributed by atoms with van der Waals surface area (Å²) in [7, 11) is 0. The van der Waals surface area contributed by atoms with Crippen molar-refractivity contribution < 1.29 is 0 Å². The van der Waals surface area contributed by atoms with Crippen LogP contribution in [-0.2, 0) is 0 Å². The molecule has 4 bridgehead atoms. The number of nitrogens with one attached hydrogen (secondary N) is 1. The van der Waals surface area contributed by atoms with E-state index in [1.54, 1.807) is 6.42 Å². The van der Waals surface area contributed by atoms with Gasteiger partial charge in [-0.2, -0.15) is 0 Å². The van der Waals surface area contributed by atoms with E-state index in [0.717, 1.165) is 42.7 Å². The van der Waals surface area contributed by atoms with Gasteiger partial charge in [-0.3, -0.25) is 0 Å². The third-order valence-electron chi connectivity index (χ3n) is 4.96. The number of hydrogen-bond donors (Lipinski definition) is 1. The molecule has 0 aromatic rings. The summed E-state index contributed by atoms with van der Waals surface area (Å²) in [5, 5.41) is 3.79. The van der Waals surface area contributed by atoms with Crippen molar-refractivity contribution in [3.05, 3.63) is 12.7 Å². The van der Waals surface area contributed by atoms with Gasteiger partial charge >= 0.3 is 0 Å². The van der Waals surface area contributed by atoms with Crippen molar-refractivity contribution in [1.82, 2.24) is 5.32 Å². The summed E-state index contributed by atoms with van der Waals surface area (Å²) in [6, 6.07) is 0.859. The topological polar surface area (TPSA) is 12.0 Å². The maximum absolute atomic E-state index is 3.79. The average molecular weight is 205 g/mol. The van der Waals surface area contributed by atoms with Crippen LogP contribution in [0.3, 0.4) is 0 Å². The molecule has 0 radical (unpaired) electrons. The minimum atomic E-state index is 0.859. The molecular weight excluding hydrogens is 182 g/mol. The van der Waals surface area contributed by atoms with Crippen LogP contribution in [0, 0.1) is 23.7 Å². The maximum Gasteiger partial charge on any atom is 0.0124 e. The summed E-state index contributed by atoms with van der Waals surface area (Å²) in [5.74, 6) is 4.24. The highest BCUT2D eigenvalue weighted by molar-refractivity contribution is 5.01. The van der Waals surface area contributed by atoms with E-state index in [-0.39, 0.29) is 0 Å². The third kappa shape index (κ3) is 1.75. The molecule has 4 saturated carbocycles. The summed E-state index contributed by atoms with van der Waals surface area (Å²) >= 11 is 0. The molecule has 0 aromatic heterocycles. The average Bonchev–Trinajstić information content (AvgIpc) is 2.21. The third-order valence-corrected chi connectivity index (χ3v) is 4.96. The number of hydrogen-bond acceptors (Lipinski definition) is 1. The Morgan fingerprint density at radius 2 is 1.60 bits per heavy atom. The lowest BCUT2D eigenvalue weighted by molar-refractivity contribution is -0.0133. The normalized spacial score (nSPS) is 47.1. The monoisotopic (exact) mass is 205 g/mol. The molecule has 0 atom stereocenters. The van der Waals surface area contributed by atoms with Gasteiger partial charge in [-0.05, 0) is 68.7 Å².